The molecule has 2 aromatic rings. The highest BCUT2D eigenvalue weighted by Crippen LogP contribution is 2.30. The fraction of sp³-hybridized carbons (Fsp3) is 0.550. The standard InChI is InChI=1S/C20H31N3O2S/c1-7-8-9-16-10-12-17(13-11-16)22-26(24,25)18-14-23(15(2)3)21-19(18)20(4,5)6/h10-15,22H,7-9H2,1-6H3. The number of unbranched alkanes of at least 4 members (excludes halogenated alkanes) is 1. The quantitative estimate of drug-likeness (QED) is 0.746. The van der Waals surface area contributed by atoms with E-state index in [4.69, 9.17) is 0 Å². The molecule has 26 heavy (non-hydrogen) atoms. The van der Waals surface area contributed by atoms with Crippen molar-refractivity contribution < 1.29 is 8.42 Å². The van der Waals surface area contributed by atoms with Crippen molar-refractivity contribution in [2.45, 2.75) is 77.2 Å². The number of anilines is 1. The second-order valence-corrected chi connectivity index (χ2v) is 9.72. The largest absolute Gasteiger partial charge is 0.280 e. The molecule has 144 valence electrons. The van der Waals surface area contributed by atoms with Crippen LogP contribution in [-0.2, 0) is 21.9 Å². The summed E-state index contributed by atoms with van der Waals surface area (Å²) in [6, 6.07) is 7.71. The smallest absolute Gasteiger partial charge is 0.265 e. The maximum absolute atomic E-state index is 13.0. The lowest BCUT2D eigenvalue weighted by Crippen LogP contribution is -2.20. The van der Waals surface area contributed by atoms with E-state index in [9.17, 15) is 8.42 Å². The predicted octanol–water partition coefficient (Wildman–Crippen LogP) is 4.90. The van der Waals surface area contributed by atoms with Crippen molar-refractivity contribution in [2.24, 2.45) is 0 Å². The molecule has 1 aromatic heterocycles. The van der Waals surface area contributed by atoms with E-state index >= 15 is 0 Å². The van der Waals surface area contributed by atoms with E-state index in [0.29, 0.717) is 11.4 Å². The summed E-state index contributed by atoms with van der Waals surface area (Å²) in [5.74, 6) is 0. The van der Waals surface area contributed by atoms with Crippen molar-refractivity contribution in [3.8, 4) is 0 Å². The van der Waals surface area contributed by atoms with Crippen molar-refractivity contribution >= 4 is 15.7 Å². The molecule has 1 aromatic carbocycles. The molecular weight excluding hydrogens is 346 g/mol. The van der Waals surface area contributed by atoms with Crippen molar-refractivity contribution in [2.75, 3.05) is 4.72 Å². The average molecular weight is 378 g/mol. The number of benzene rings is 1. The fourth-order valence-corrected chi connectivity index (χ4v) is 4.09. The molecule has 1 heterocycles. The number of hydrogen-bond acceptors (Lipinski definition) is 3. The molecule has 0 radical (unpaired) electrons. The van der Waals surface area contributed by atoms with Gasteiger partial charge in [0.25, 0.3) is 10.0 Å². The maximum atomic E-state index is 13.0. The second-order valence-electron chi connectivity index (χ2n) is 8.07. The van der Waals surface area contributed by atoms with Crippen LogP contribution in [-0.4, -0.2) is 18.2 Å². The first-order valence-electron chi connectivity index (χ1n) is 9.26. The molecule has 5 nitrogen and oxygen atoms in total. The lowest BCUT2D eigenvalue weighted by molar-refractivity contribution is 0.493. The van der Waals surface area contributed by atoms with Crippen LogP contribution in [0, 0.1) is 0 Å². The van der Waals surface area contributed by atoms with Gasteiger partial charge in [-0.25, -0.2) is 8.42 Å². The zero-order valence-corrected chi connectivity index (χ0v) is 17.5. The predicted molar refractivity (Wildman–Crippen MR) is 107 cm³/mol. The van der Waals surface area contributed by atoms with Crippen LogP contribution in [0.3, 0.4) is 0 Å². The van der Waals surface area contributed by atoms with Crippen molar-refractivity contribution in [3.05, 3.63) is 41.7 Å². The van der Waals surface area contributed by atoms with E-state index < -0.39 is 10.0 Å². The number of hydrogen-bond donors (Lipinski definition) is 1. The SMILES string of the molecule is CCCCc1ccc(NS(=O)(=O)c2cn(C(C)C)nc2C(C)(C)C)cc1. The minimum absolute atomic E-state index is 0.0953. The van der Waals surface area contributed by atoms with Gasteiger partial charge in [0, 0.05) is 23.3 Å². The van der Waals surface area contributed by atoms with Gasteiger partial charge in [-0.3, -0.25) is 9.40 Å². The molecule has 0 aliphatic heterocycles. The first-order chi connectivity index (χ1) is 12.0. The van der Waals surface area contributed by atoms with Crippen LogP contribution in [0.5, 0.6) is 0 Å². The third-order valence-corrected chi connectivity index (χ3v) is 5.63. The summed E-state index contributed by atoms with van der Waals surface area (Å²) >= 11 is 0. The number of nitrogens with zero attached hydrogens (tertiary/aromatic N) is 2. The number of rotatable bonds is 7. The van der Waals surface area contributed by atoms with Crippen molar-refractivity contribution in [1.29, 1.82) is 0 Å². The number of aromatic nitrogens is 2. The first-order valence-corrected chi connectivity index (χ1v) is 10.7. The highest BCUT2D eigenvalue weighted by Gasteiger charge is 2.30. The van der Waals surface area contributed by atoms with Crippen molar-refractivity contribution in [3.63, 3.8) is 0 Å². The highest BCUT2D eigenvalue weighted by atomic mass is 32.2. The Morgan fingerprint density at radius 1 is 1.15 bits per heavy atom. The maximum Gasteiger partial charge on any atom is 0.265 e. The number of aryl methyl sites for hydroxylation is 1. The molecule has 0 atom stereocenters. The molecule has 2 rings (SSSR count). The highest BCUT2D eigenvalue weighted by molar-refractivity contribution is 7.92. The fourth-order valence-electron chi connectivity index (χ4n) is 2.69. The summed E-state index contributed by atoms with van der Waals surface area (Å²) in [7, 11) is -3.70. The second kappa shape index (κ2) is 7.82. The molecule has 0 unspecified atom stereocenters. The Balaban J connectivity index is 2.32. The minimum Gasteiger partial charge on any atom is -0.280 e. The zero-order chi connectivity index (χ0) is 19.5. The van der Waals surface area contributed by atoms with Gasteiger partial charge in [0.15, 0.2) is 0 Å². The summed E-state index contributed by atoms with van der Waals surface area (Å²) in [6.45, 7) is 12.0. The van der Waals surface area contributed by atoms with Crippen LogP contribution in [0.15, 0.2) is 35.4 Å². The molecule has 0 spiro atoms. The Hall–Kier alpha value is -1.82. The van der Waals surface area contributed by atoms with Gasteiger partial charge < -0.3 is 0 Å². The van der Waals surface area contributed by atoms with E-state index in [0.717, 1.165) is 19.3 Å². The molecule has 0 aliphatic rings. The van der Waals surface area contributed by atoms with Gasteiger partial charge in [0.2, 0.25) is 0 Å². The molecular formula is C20H31N3O2S. The Bertz CT molecular complexity index is 829. The Morgan fingerprint density at radius 3 is 2.27 bits per heavy atom. The topological polar surface area (TPSA) is 64.0 Å². The zero-order valence-electron chi connectivity index (χ0n) is 16.7. The van der Waals surface area contributed by atoms with Crippen molar-refractivity contribution in [1.82, 2.24) is 9.78 Å². The van der Waals surface area contributed by atoms with Crippen LogP contribution < -0.4 is 4.72 Å². The van der Waals surface area contributed by atoms with Gasteiger partial charge in [-0.15, -0.1) is 0 Å². The Labute approximate surface area is 157 Å². The summed E-state index contributed by atoms with van der Waals surface area (Å²) in [5.41, 5.74) is 2.01. The number of nitrogens with one attached hydrogen (secondary N) is 1. The van der Waals surface area contributed by atoms with Crippen LogP contribution in [0.4, 0.5) is 5.69 Å². The van der Waals surface area contributed by atoms with Crippen LogP contribution in [0.1, 0.15) is 71.7 Å². The molecule has 0 saturated carbocycles. The Morgan fingerprint density at radius 2 is 1.77 bits per heavy atom. The molecule has 1 N–H and O–H groups in total. The van der Waals surface area contributed by atoms with Gasteiger partial charge in [-0.2, -0.15) is 5.10 Å². The lowest BCUT2D eigenvalue weighted by Gasteiger charge is -2.18. The average Bonchev–Trinajstić information content (AvgIpc) is 3.01. The van der Waals surface area contributed by atoms with E-state index in [-0.39, 0.29) is 16.4 Å². The summed E-state index contributed by atoms with van der Waals surface area (Å²) in [6.07, 6.45) is 4.92. The minimum atomic E-state index is -3.70. The van der Waals surface area contributed by atoms with Gasteiger partial charge in [-0.1, -0.05) is 46.2 Å². The van der Waals surface area contributed by atoms with Gasteiger partial charge in [-0.05, 0) is 44.4 Å². The summed E-state index contributed by atoms with van der Waals surface area (Å²) < 4.78 is 30.4. The van der Waals surface area contributed by atoms with Crippen LogP contribution in [0.2, 0.25) is 0 Å². The van der Waals surface area contributed by atoms with E-state index in [2.05, 4.69) is 16.7 Å². The summed E-state index contributed by atoms with van der Waals surface area (Å²) in [4.78, 5) is 0.244. The summed E-state index contributed by atoms with van der Waals surface area (Å²) in [5, 5.41) is 4.53. The van der Waals surface area contributed by atoms with E-state index in [1.807, 2.05) is 58.9 Å². The third kappa shape index (κ3) is 4.87. The van der Waals surface area contributed by atoms with E-state index in [1.54, 1.807) is 10.9 Å². The van der Waals surface area contributed by atoms with Crippen LogP contribution >= 0.6 is 0 Å². The Kier molecular flexibility index (Phi) is 6.17. The molecule has 0 amide bonds. The third-order valence-electron chi connectivity index (χ3n) is 4.25. The first kappa shape index (κ1) is 20.5. The molecule has 0 aliphatic carbocycles. The van der Waals surface area contributed by atoms with Gasteiger partial charge in [0.1, 0.15) is 4.90 Å². The molecule has 0 saturated heterocycles. The lowest BCUT2D eigenvalue weighted by atomic mass is 9.92. The molecule has 0 fully saturated rings. The molecule has 0 bridgehead atoms. The molecule has 6 heteroatoms. The number of sulfonamides is 1. The monoisotopic (exact) mass is 377 g/mol. The van der Waals surface area contributed by atoms with Crippen LogP contribution in [0.25, 0.3) is 0 Å². The normalized spacial score (nSPS) is 12.6. The van der Waals surface area contributed by atoms with Gasteiger partial charge in [0.05, 0.1) is 5.69 Å². The van der Waals surface area contributed by atoms with E-state index in [1.165, 1.54) is 5.56 Å². The van der Waals surface area contributed by atoms with Gasteiger partial charge >= 0.3 is 0 Å².